The van der Waals surface area contributed by atoms with E-state index in [2.05, 4.69) is 43.3 Å². The van der Waals surface area contributed by atoms with Crippen molar-refractivity contribution in [2.45, 2.75) is 32.6 Å². The average molecular weight is 309 g/mol. The highest BCUT2D eigenvalue weighted by Gasteiger charge is 2.12. The van der Waals surface area contributed by atoms with Gasteiger partial charge in [0, 0.05) is 5.69 Å². The maximum Gasteiger partial charge on any atom is 0.339 e. The Morgan fingerprint density at radius 3 is 2.39 bits per heavy atom. The fourth-order valence-electron chi connectivity index (χ4n) is 2.82. The van der Waals surface area contributed by atoms with Gasteiger partial charge >= 0.3 is 5.97 Å². The standard InChI is InChI=1S/C19H24BNO2/c1-4-5-13(2)14-6-8-15(9-7-14)16-10-11-17(19(22)23-3)18(12-16)21-20/h6-13,21H,4-5,20H2,1-3H3. The average Bonchev–Trinajstić information content (AvgIpc) is 2.60. The molecule has 0 heterocycles. The maximum absolute atomic E-state index is 11.8. The molecule has 0 radical (unpaired) electrons. The first-order valence-corrected chi connectivity index (χ1v) is 8.11. The molecule has 0 aliphatic carbocycles. The number of carbonyl (C=O) groups is 1. The highest BCUT2D eigenvalue weighted by molar-refractivity contribution is 6.18. The van der Waals surface area contributed by atoms with Crippen molar-refractivity contribution in [2.24, 2.45) is 0 Å². The maximum atomic E-state index is 11.8. The van der Waals surface area contributed by atoms with Gasteiger partial charge in [-0.2, -0.15) is 0 Å². The van der Waals surface area contributed by atoms with Crippen molar-refractivity contribution < 1.29 is 9.53 Å². The number of hydrogen-bond donors (Lipinski definition) is 1. The molecule has 0 aliphatic rings. The molecule has 0 aromatic heterocycles. The molecule has 23 heavy (non-hydrogen) atoms. The molecule has 0 saturated carbocycles. The van der Waals surface area contributed by atoms with Gasteiger partial charge in [0.15, 0.2) is 0 Å². The van der Waals surface area contributed by atoms with Gasteiger partial charge in [-0.25, -0.2) is 4.79 Å². The number of benzene rings is 2. The van der Waals surface area contributed by atoms with E-state index >= 15 is 0 Å². The summed E-state index contributed by atoms with van der Waals surface area (Å²) in [6.45, 7) is 4.48. The molecule has 0 bridgehead atoms. The largest absolute Gasteiger partial charge is 0.465 e. The molecule has 1 N–H and O–H groups in total. The Kier molecular flexibility index (Phi) is 5.86. The molecule has 0 aliphatic heterocycles. The van der Waals surface area contributed by atoms with Crippen LogP contribution in [0.25, 0.3) is 11.1 Å². The summed E-state index contributed by atoms with van der Waals surface area (Å²) in [7, 11) is 3.20. The second-order valence-corrected chi connectivity index (χ2v) is 5.81. The molecule has 0 fully saturated rings. The van der Waals surface area contributed by atoms with E-state index in [0.717, 1.165) is 16.8 Å². The minimum atomic E-state index is -0.329. The Morgan fingerprint density at radius 1 is 1.17 bits per heavy atom. The molecule has 2 aromatic rings. The fraction of sp³-hybridized carbons (Fsp3) is 0.316. The predicted octanol–water partition coefficient (Wildman–Crippen LogP) is 4.00. The number of esters is 1. The van der Waals surface area contributed by atoms with Crippen LogP contribution in [0.2, 0.25) is 0 Å². The van der Waals surface area contributed by atoms with Crippen molar-refractivity contribution in [2.75, 3.05) is 12.3 Å². The van der Waals surface area contributed by atoms with Crippen molar-refractivity contribution in [3.63, 3.8) is 0 Å². The smallest absolute Gasteiger partial charge is 0.339 e. The lowest BCUT2D eigenvalue weighted by Crippen LogP contribution is -2.06. The first-order valence-electron chi connectivity index (χ1n) is 8.11. The Labute approximate surface area is 139 Å². The quantitative estimate of drug-likeness (QED) is 0.647. The van der Waals surface area contributed by atoms with Gasteiger partial charge in [0.1, 0.15) is 0 Å². The highest BCUT2D eigenvalue weighted by Crippen LogP contribution is 2.28. The monoisotopic (exact) mass is 309 g/mol. The Balaban J connectivity index is 2.30. The van der Waals surface area contributed by atoms with Gasteiger partial charge in [-0.1, -0.05) is 50.6 Å². The van der Waals surface area contributed by atoms with Crippen molar-refractivity contribution >= 4 is 19.6 Å². The van der Waals surface area contributed by atoms with Crippen LogP contribution in [-0.2, 0) is 4.74 Å². The molecular formula is C19H24BNO2. The van der Waals surface area contributed by atoms with Crippen LogP contribution in [0, 0.1) is 0 Å². The Morgan fingerprint density at radius 2 is 1.83 bits per heavy atom. The summed E-state index contributed by atoms with van der Waals surface area (Å²) in [6.07, 6.45) is 2.40. The number of nitrogens with one attached hydrogen (secondary N) is 1. The van der Waals surface area contributed by atoms with Gasteiger partial charge in [0.05, 0.1) is 12.7 Å². The summed E-state index contributed by atoms with van der Waals surface area (Å²) in [6, 6.07) is 14.4. The number of anilines is 1. The fourth-order valence-corrected chi connectivity index (χ4v) is 2.82. The molecule has 2 rings (SSSR count). The molecule has 0 amide bonds. The van der Waals surface area contributed by atoms with Crippen molar-refractivity contribution in [1.82, 2.24) is 0 Å². The van der Waals surface area contributed by atoms with Crippen LogP contribution in [0.1, 0.15) is 48.5 Å². The van der Waals surface area contributed by atoms with E-state index in [1.54, 1.807) is 14.0 Å². The van der Waals surface area contributed by atoms with Crippen LogP contribution < -0.4 is 5.23 Å². The number of rotatable bonds is 6. The third kappa shape index (κ3) is 3.95. The van der Waals surface area contributed by atoms with Crippen LogP contribution >= 0.6 is 0 Å². The van der Waals surface area contributed by atoms with Gasteiger partial charge in [0.25, 0.3) is 0 Å². The van der Waals surface area contributed by atoms with Crippen LogP contribution in [0.3, 0.4) is 0 Å². The number of hydrogen-bond acceptors (Lipinski definition) is 3. The highest BCUT2D eigenvalue weighted by atomic mass is 16.5. The van der Waals surface area contributed by atoms with E-state index in [0.29, 0.717) is 11.5 Å². The molecule has 4 heteroatoms. The van der Waals surface area contributed by atoms with Gasteiger partial charge in [-0.3, -0.25) is 0 Å². The Bertz CT molecular complexity index is 668. The zero-order chi connectivity index (χ0) is 16.8. The SMILES string of the molecule is BNc1cc(-c2ccc(C(C)CCC)cc2)ccc1C(=O)OC. The third-order valence-electron chi connectivity index (χ3n) is 4.23. The van der Waals surface area contributed by atoms with E-state index in [1.807, 2.05) is 12.1 Å². The lowest BCUT2D eigenvalue weighted by Gasteiger charge is -2.13. The van der Waals surface area contributed by atoms with Crippen LogP contribution in [0.5, 0.6) is 0 Å². The van der Waals surface area contributed by atoms with E-state index in [-0.39, 0.29) is 5.97 Å². The zero-order valence-electron chi connectivity index (χ0n) is 14.3. The van der Waals surface area contributed by atoms with Crippen molar-refractivity contribution in [3.8, 4) is 11.1 Å². The summed E-state index contributed by atoms with van der Waals surface area (Å²) in [4.78, 5) is 11.8. The normalized spacial score (nSPS) is 11.8. The minimum Gasteiger partial charge on any atom is -0.465 e. The second-order valence-electron chi connectivity index (χ2n) is 5.81. The van der Waals surface area contributed by atoms with E-state index in [9.17, 15) is 4.79 Å². The van der Waals surface area contributed by atoms with Gasteiger partial charge in [-0.15, -0.1) is 0 Å². The molecule has 1 atom stereocenters. The zero-order valence-corrected chi connectivity index (χ0v) is 14.3. The summed E-state index contributed by atoms with van der Waals surface area (Å²) < 4.78 is 4.81. The Hall–Kier alpha value is -2.23. The summed E-state index contributed by atoms with van der Waals surface area (Å²) in [5, 5.41) is 3.07. The predicted molar refractivity (Wildman–Crippen MR) is 98.7 cm³/mol. The molecule has 1 unspecified atom stereocenters. The van der Waals surface area contributed by atoms with Crippen LogP contribution in [-0.4, -0.2) is 21.1 Å². The van der Waals surface area contributed by atoms with E-state index in [1.165, 1.54) is 25.5 Å². The molecule has 2 aromatic carbocycles. The topological polar surface area (TPSA) is 38.3 Å². The van der Waals surface area contributed by atoms with Crippen molar-refractivity contribution in [1.29, 1.82) is 0 Å². The summed E-state index contributed by atoms with van der Waals surface area (Å²) in [5.41, 5.74) is 4.92. The molecule has 3 nitrogen and oxygen atoms in total. The molecule has 0 spiro atoms. The number of ether oxygens (including phenoxy) is 1. The lowest BCUT2D eigenvalue weighted by atomic mass is 9.94. The third-order valence-corrected chi connectivity index (χ3v) is 4.23. The van der Waals surface area contributed by atoms with E-state index < -0.39 is 0 Å². The van der Waals surface area contributed by atoms with E-state index in [4.69, 9.17) is 4.74 Å². The number of carbonyl (C=O) groups excluding carboxylic acids is 1. The molecular weight excluding hydrogens is 285 g/mol. The molecule has 120 valence electrons. The molecule has 0 saturated heterocycles. The first-order chi connectivity index (χ1) is 11.1. The summed E-state index contributed by atoms with van der Waals surface area (Å²) >= 11 is 0. The first kappa shape index (κ1) is 17.1. The number of methoxy groups -OCH3 is 1. The van der Waals surface area contributed by atoms with Gasteiger partial charge in [0.2, 0.25) is 7.98 Å². The van der Waals surface area contributed by atoms with Crippen molar-refractivity contribution in [3.05, 3.63) is 53.6 Å². The van der Waals surface area contributed by atoms with Crippen LogP contribution in [0.15, 0.2) is 42.5 Å². The van der Waals surface area contributed by atoms with Crippen LogP contribution in [0.4, 0.5) is 5.69 Å². The second kappa shape index (κ2) is 7.86. The van der Waals surface area contributed by atoms with Gasteiger partial charge < -0.3 is 9.96 Å². The summed E-state index contributed by atoms with van der Waals surface area (Å²) in [5.74, 6) is 0.258. The van der Waals surface area contributed by atoms with Gasteiger partial charge in [-0.05, 0) is 41.2 Å². The lowest BCUT2D eigenvalue weighted by molar-refractivity contribution is 0.0602. The minimum absolute atomic E-state index is 0.329.